The fourth-order valence-electron chi connectivity index (χ4n) is 2.41. The molecule has 0 fully saturated rings. The van der Waals surface area contributed by atoms with E-state index in [1.54, 1.807) is 18.2 Å². The molecule has 5 heteroatoms. The molecule has 1 aliphatic heterocycles. The molecule has 1 unspecified atom stereocenters. The maximum atomic E-state index is 9.01. The van der Waals surface area contributed by atoms with Gasteiger partial charge in [-0.1, -0.05) is 27.5 Å². The van der Waals surface area contributed by atoms with Crippen LogP contribution in [-0.2, 0) is 0 Å². The van der Waals surface area contributed by atoms with Gasteiger partial charge >= 0.3 is 0 Å². The zero-order chi connectivity index (χ0) is 14.8. The summed E-state index contributed by atoms with van der Waals surface area (Å²) in [6, 6.07) is 13.4. The summed E-state index contributed by atoms with van der Waals surface area (Å²) in [5.41, 5.74) is 2.45. The summed E-state index contributed by atoms with van der Waals surface area (Å²) in [6.07, 6.45) is 0.844. The molecular weight excluding hydrogens is 352 g/mol. The van der Waals surface area contributed by atoms with Gasteiger partial charge in [-0.2, -0.15) is 5.26 Å². The van der Waals surface area contributed by atoms with Crippen molar-refractivity contribution < 1.29 is 4.74 Å². The van der Waals surface area contributed by atoms with Crippen molar-refractivity contribution in [2.45, 2.75) is 12.5 Å². The molecule has 0 amide bonds. The van der Waals surface area contributed by atoms with Gasteiger partial charge in [0.2, 0.25) is 0 Å². The lowest BCUT2D eigenvalue weighted by Gasteiger charge is -2.28. The van der Waals surface area contributed by atoms with Gasteiger partial charge in [-0.15, -0.1) is 0 Å². The van der Waals surface area contributed by atoms with Gasteiger partial charge in [-0.3, -0.25) is 0 Å². The first-order chi connectivity index (χ1) is 10.2. The van der Waals surface area contributed by atoms with E-state index < -0.39 is 0 Å². The number of hydrogen-bond acceptors (Lipinski definition) is 3. The Balaban J connectivity index is 1.94. The molecule has 0 spiro atoms. The topological polar surface area (TPSA) is 45.0 Å². The van der Waals surface area contributed by atoms with Gasteiger partial charge < -0.3 is 10.1 Å². The molecule has 2 aromatic rings. The summed E-state index contributed by atoms with van der Waals surface area (Å²) in [5, 5.41) is 13.0. The Morgan fingerprint density at radius 2 is 2.14 bits per heavy atom. The van der Waals surface area contributed by atoms with Crippen molar-refractivity contribution in [1.29, 1.82) is 5.26 Å². The average molecular weight is 364 g/mol. The van der Waals surface area contributed by atoms with Crippen LogP contribution in [0.3, 0.4) is 0 Å². The molecule has 0 aliphatic carbocycles. The zero-order valence-electron chi connectivity index (χ0n) is 11.1. The van der Waals surface area contributed by atoms with Crippen LogP contribution < -0.4 is 10.1 Å². The third-order valence-corrected chi connectivity index (χ3v) is 4.26. The van der Waals surface area contributed by atoms with E-state index in [1.165, 1.54) is 0 Å². The Hall–Kier alpha value is -1.70. The number of nitrogens with zero attached hydrogens (tertiary/aromatic N) is 1. The van der Waals surface area contributed by atoms with Crippen molar-refractivity contribution >= 4 is 33.2 Å². The Morgan fingerprint density at radius 3 is 2.95 bits per heavy atom. The highest BCUT2D eigenvalue weighted by Gasteiger charge is 2.22. The first-order valence-electron chi connectivity index (χ1n) is 6.56. The molecule has 0 saturated carbocycles. The van der Waals surface area contributed by atoms with Gasteiger partial charge in [0.25, 0.3) is 0 Å². The van der Waals surface area contributed by atoms with Crippen molar-refractivity contribution in [3.63, 3.8) is 0 Å². The number of anilines is 1. The maximum absolute atomic E-state index is 9.01. The number of fused-ring (bicyclic) bond motifs is 1. The number of ether oxygens (including phenoxy) is 1. The van der Waals surface area contributed by atoms with E-state index in [-0.39, 0.29) is 6.04 Å². The second kappa shape index (κ2) is 5.97. The van der Waals surface area contributed by atoms with Gasteiger partial charge in [-0.05, 0) is 36.4 Å². The van der Waals surface area contributed by atoms with Crippen LogP contribution in [0.4, 0.5) is 5.69 Å². The van der Waals surface area contributed by atoms with Crippen molar-refractivity contribution in [3.8, 4) is 11.8 Å². The van der Waals surface area contributed by atoms with E-state index in [4.69, 9.17) is 21.6 Å². The minimum absolute atomic E-state index is 0.109. The second-order valence-electron chi connectivity index (χ2n) is 4.82. The lowest BCUT2D eigenvalue weighted by Crippen LogP contribution is -2.20. The van der Waals surface area contributed by atoms with E-state index in [9.17, 15) is 0 Å². The first kappa shape index (κ1) is 14.2. The molecule has 21 heavy (non-hydrogen) atoms. The van der Waals surface area contributed by atoms with Crippen LogP contribution in [0.1, 0.15) is 23.6 Å². The number of nitriles is 1. The van der Waals surface area contributed by atoms with Gasteiger partial charge in [-0.25, -0.2) is 0 Å². The van der Waals surface area contributed by atoms with E-state index in [0.717, 1.165) is 27.9 Å². The first-order valence-corrected chi connectivity index (χ1v) is 7.73. The molecule has 1 aliphatic rings. The maximum Gasteiger partial charge on any atom is 0.124 e. The minimum Gasteiger partial charge on any atom is -0.493 e. The van der Waals surface area contributed by atoms with Gasteiger partial charge in [0.15, 0.2) is 0 Å². The normalized spacial score (nSPS) is 16.5. The third kappa shape index (κ3) is 2.99. The van der Waals surface area contributed by atoms with E-state index >= 15 is 0 Å². The van der Waals surface area contributed by atoms with Crippen molar-refractivity contribution in [2.75, 3.05) is 11.9 Å². The third-order valence-electron chi connectivity index (χ3n) is 3.44. The van der Waals surface area contributed by atoms with Crippen LogP contribution in [0.5, 0.6) is 5.75 Å². The van der Waals surface area contributed by atoms with E-state index in [1.807, 2.05) is 18.2 Å². The SMILES string of the molecule is N#Cc1ccc(Cl)c(NC2CCOc3ccc(Br)cc32)c1. The van der Waals surface area contributed by atoms with E-state index in [0.29, 0.717) is 17.2 Å². The summed E-state index contributed by atoms with van der Waals surface area (Å²) < 4.78 is 6.69. The molecule has 1 atom stereocenters. The number of hydrogen-bond donors (Lipinski definition) is 1. The molecule has 0 aromatic heterocycles. The van der Waals surface area contributed by atoms with Crippen LogP contribution in [0.15, 0.2) is 40.9 Å². The summed E-state index contributed by atoms with van der Waals surface area (Å²) in [5.74, 6) is 0.884. The van der Waals surface area contributed by atoms with Crippen LogP contribution >= 0.6 is 27.5 Å². The van der Waals surface area contributed by atoms with Crippen molar-refractivity contribution in [3.05, 3.63) is 57.0 Å². The predicted octanol–water partition coefficient (Wildman–Crippen LogP) is 4.91. The lowest BCUT2D eigenvalue weighted by molar-refractivity contribution is 0.274. The van der Waals surface area contributed by atoms with Gasteiger partial charge in [0.05, 0.1) is 35.0 Å². The predicted molar refractivity (Wildman–Crippen MR) is 86.8 cm³/mol. The van der Waals surface area contributed by atoms with Crippen LogP contribution in [0.2, 0.25) is 5.02 Å². The highest BCUT2D eigenvalue weighted by Crippen LogP contribution is 2.37. The molecule has 3 rings (SSSR count). The Kier molecular flexibility index (Phi) is 4.05. The highest BCUT2D eigenvalue weighted by atomic mass is 79.9. The fraction of sp³-hybridized carbons (Fsp3) is 0.188. The molecule has 0 saturated heterocycles. The lowest BCUT2D eigenvalue weighted by atomic mass is 10.00. The number of rotatable bonds is 2. The summed E-state index contributed by atoms with van der Waals surface area (Å²) in [7, 11) is 0. The second-order valence-corrected chi connectivity index (χ2v) is 6.15. The molecule has 0 radical (unpaired) electrons. The molecule has 2 aromatic carbocycles. The molecule has 1 N–H and O–H groups in total. The quantitative estimate of drug-likeness (QED) is 0.824. The van der Waals surface area contributed by atoms with Crippen molar-refractivity contribution in [1.82, 2.24) is 0 Å². The Morgan fingerprint density at radius 1 is 1.29 bits per heavy atom. The smallest absolute Gasteiger partial charge is 0.124 e. The highest BCUT2D eigenvalue weighted by molar-refractivity contribution is 9.10. The molecule has 3 nitrogen and oxygen atoms in total. The number of halogens is 2. The molecule has 0 bridgehead atoms. The monoisotopic (exact) mass is 362 g/mol. The fourth-order valence-corrected chi connectivity index (χ4v) is 2.96. The van der Waals surface area contributed by atoms with Crippen molar-refractivity contribution in [2.24, 2.45) is 0 Å². The number of benzene rings is 2. The van der Waals surface area contributed by atoms with Crippen LogP contribution in [-0.4, -0.2) is 6.61 Å². The summed E-state index contributed by atoms with van der Waals surface area (Å²) >= 11 is 9.71. The van der Waals surface area contributed by atoms with Gasteiger partial charge in [0.1, 0.15) is 5.75 Å². The summed E-state index contributed by atoms with van der Waals surface area (Å²) in [6.45, 7) is 0.655. The standard InChI is InChI=1S/C16H12BrClN2O/c17-11-2-4-16-12(8-11)14(5-6-21-16)20-15-7-10(9-19)1-3-13(15)18/h1-4,7-8,14,20H,5-6H2. The Labute approximate surface area is 136 Å². The van der Waals surface area contributed by atoms with Gasteiger partial charge in [0, 0.05) is 16.5 Å². The molecular formula is C16H12BrClN2O. The number of nitrogens with one attached hydrogen (secondary N) is 1. The Bertz CT molecular complexity index is 727. The zero-order valence-corrected chi connectivity index (χ0v) is 13.4. The largest absolute Gasteiger partial charge is 0.493 e. The summed E-state index contributed by atoms with van der Waals surface area (Å²) in [4.78, 5) is 0. The minimum atomic E-state index is 0.109. The van der Waals surface area contributed by atoms with Crippen LogP contribution in [0.25, 0.3) is 0 Å². The molecule has 106 valence electrons. The average Bonchev–Trinajstić information content (AvgIpc) is 2.50. The van der Waals surface area contributed by atoms with Crippen LogP contribution in [0, 0.1) is 11.3 Å². The van der Waals surface area contributed by atoms with E-state index in [2.05, 4.69) is 27.3 Å². The molecule has 1 heterocycles.